The van der Waals surface area contributed by atoms with Gasteiger partial charge < -0.3 is 14.6 Å². The molecule has 100 valence electrons. The van der Waals surface area contributed by atoms with Crippen LogP contribution in [-0.2, 0) is 14.3 Å². The van der Waals surface area contributed by atoms with Crippen molar-refractivity contribution in [2.45, 2.75) is 38.9 Å². The van der Waals surface area contributed by atoms with Crippen molar-refractivity contribution in [3.05, 3.63) is 0 Å². The van der Waals surface area contributed by atoms with Crippen molar-refractivity contribution in [2.75, 3.05) is 32.8 Å². The maximum Gasteiger partial charge on any atom is 0.329 e. The van der Waals surface area contributed by atoms with Crippen LogP contribution in [0.2, 0.25) is 0 Å². The summed E-state index contributed by atoms with van der Waals surface area (Å²) in [6.07, 6.45) is 0. The molecule has 0 amide bonds. The molecule has 1 N–H and O–H groups in total. The predicted molar refractivity (Wildman–Crippen MR) is 64.1 cm³/mol. The second-order valence-corrected chi connectivity index (χ2v) is 5.80. The van der Waals surface area contributed by atoms with Gasteiger partial charge in [-0.2, -0.15) is 0 Å². The number of carboxylic acids is 1. The summed E-state index contributed by atoms with van der Waals surface area (Å²) in [5, 5.41) is 8.53. The highest BCUT2D eigenvalue weighted by Crippen LogP contribution is 2.24. The molecular weight excluding hydrogens is 222 g/mol. The molecule has 1 rings (SSSR count). The van der Waals surface area contributed by atoms with Crippen molar-refractivity contribution in [3.8, 4) is 0 Å². The zero-order valence-corrected chi connectivity index (χ0v) is 11.2. The van der Waals surface area contributed by atoms with E-state index in [-0.39, 0.29) is 17.8 Å². The van der Waals surface area contributed by atoms with Gasteiger partial charge in [0.25, 0.3) is 0 Å². The molecule has 0 unspecified atom stereocenters. The van der Waals surface area contributed by atoms with E-state index in [0.717, 1.165) is 19.6 Å². The van der Waals surface area contributed by atoms with E-state index in [4.69, 9.17) is 14.6 Å². The van der Waals surface area contributed by atoms with Gasteiger partial charge in [0.2, 0.25) is 0 Å². The van der Waals surface area contributed by atoms with Crippen LogP contribution in [0.4, 0.5) is 0 Å². The maximum atomic E-state index is 10.4. The van der Waals surface area contributed by atoms with E-state index in [1.54, 1.807) is 0 Å². The van der Waals surface area contributed by atoms with Crippen LogP contribution in [0.3, 0.4) is 0 Å². The molecule has 0 aromatic heterocycles. The van der Waals surface area contributed by atoms with E-state index in [1.165, 1.54) is 0 Å². The third kappa shape index (κ3) is 5.48. The minimum Gasteiger partial charge on any atom is -0.480 e. The fraction of sp³-hybridized carbons (Fsp3) is 0.917. The quantitative estimate of drug-likeness (QED) is 0.756. The van der Waals surface area contributed by atoms with Gasteiger partial charge in [-0.1, -0.05) is 0 Å². The lowest BCUT2D eigenvalue weighted by atomic mass is 9.96. The van der Waals surface area contributed by atoms with Crippen molar-refractivity contribution in [1.82, 2.24) is 4.90 Å². The molecule has 0 aromatic carbocycles. The monoisotopic (exact) mass is 245 g/mol. The van der Waals surface area contributed by atoms with Gasteiger partial charge in [-0.15, -0.1) is 0 Å². The third-order valence-corrected chi connectivity index (χ3v) is 2.60. The molecule has 0 bridgehead atoms. The molecule has 1 heterocycles. The Morgan fingerprint density at radius 3 is 2.47 bits per heavy atom. The summed E-state index contributed by atoms with van der Waals surface area (Å²) in [4.78, 5) is 12.6. The van der Waals surface area contributed by atoms with E-state index in [1.807, 2.05) is 27.7 Å². The number of hydrogen-bond donors (Lipinski definition) is 1. The number of hydrogen-bond acceptors (Lipinski definition) is 4. The molecule has 5 heteroatoms. The highest BCUT2D eigenvalue weighted by Gasteiger charge is 2.39. The zero-order chi connectivity index (χ0) is 13.1. The molecule has 0 aromatic rings. The summed E-state index contributed by atoms with van der Waals surface area (Å²) in [6, 6.07) is 0. The van der Waals surface area contributed by atoms with E-state index in [0.29, 0.717) is 6.61 Å². The van der Waals surface area contributed by atoms with Crippen molar-refractivity contribution >= 4 is 5.97 Å². The van der Waals surface area contributed by atoms with Crippen LogP contribution in [0.5, 0.6) is 0 Å². The number of nitrogens with zero attached hydrogens (tertiary/aromatic N) is 1. The Kier molecular flexibility index (Phi) is 4.52. The largest absolute Gasteiger partial charge is 0.480 e. The first kappa shape index (κ1) is 14.4. The van der Waals surface area contributed by atoms with Crippen LogP contribution in [0.25, 0.3) is 0 Å². The number of rotatable bonds is 6. The van der Waals surface area contributed by atoms with E-state index < -0.39 is 5.97 Å². The number of aliphatic carboxylic acids is 1. The zero-order valence-electron chi connectivity index (χ0n) is 11.2. The van der Waals surface area contributed by atoms with Crippen molar-refractivity contribution in [1.29, 1.82) is 0 Å². The molecule has 1 aliphatic rings. The van der Waals surface area contributed by atoms with Gasteiger partial charge in [-0.05, 0) is 27.7 Å². The average Bonchev–Trinajstić information content (AvgIpc) is 2.10. The normalized spacial score (nSPS) is 20.0. The predicted octanol–water partition coefficient (Wildman–Crippen LogP) is 0.977. The van der Waals surface area contributed by atoms with E-state index >= 15 is 0 Å². The summed E-state index contributed by atoms with van der Waals surface area (Å²) in [7, 11) is 0. The van der Waals surface area contributed by atoms with E-state index in [2.05, 4.69) is 4.90 Å². The summed E-state index contributed by atoms with van der Waals surface area (Å²) in [5.41, 5.74) is -0.409. The highest BCUT2D eigenvalue weighted by molar-refractivity contribution is 5.68. The number of likely N-dealkylation sites (tertiary alicyclic amines) is 1. The van der Waals surface area contributed by atoms with Crippen LogP contribution in [0.15, 0.2) is 0 Å². The van der Waals surface area contributed by atoms with Crippen LogP contribution >= 0.6 is 0 Å². The van der Waals surface area contributed by atoms with Gasteiger partial charge >= 0.3 is 5.97 Å². The second-order valence-electron chi connectivity index (χ2n) is 5.80. The summed E-state index contributed by atoms with van der Waals surface area (Å²) in [5.74, 6) is -0.916. The van der Waals surface area contributed by atoms with Crippen LogP contribution in [-0.4, -0.2) is 60.0 Å². The Morgan fingerprint density at radius 1 is 1.41 bits per heavy atom. The smallest absolute Gasteiger partial charge is 0.329 e. The minimum atomic E-state index is -0.916. The Labute approximate surface area is 103 Å². The van der Waals surface area contributed by atoms with Crippen LogP contribution < -0.4 is 0 Å². The number of carboxylic acid groups (broad SMARTS) is 1. The number of ether oxygens (including phenoxy) is 2. The first-order valence-corrected chi connectivity index (χ1v) is 5.92. The fourth-order valence-electron chi connectivity index (χ4n) is 1.87. The van der Waals surface area contributed by atoms with Crippen molar-refractivity contribution in [2.24, 2.45) is 0 Å². The lowest BCUT2D eigenvalue weighted by Gasteiger charge is -2.47. The highest BCUT2D eigenvalue weighted by atomic mass is 16.5. The summed E-state index contributed by atoms with van der Waals surface area (Å²) >= 11 is 0. The molecule has 0 spiro atoms. The van der Waals surface area contributed by atoms with E-state index in [9.17, 15) is 4.79 Å². The van der Waals surface area contributed by atoms with Gasteiger partial charge in [0, 0.05) is 19.6 Å². The van der Waals surface area contributed by atoms with Gasteiger partial charge in [-0.3, -0.25) is 4.90 Å². The maximum absolute atomic E-state index is 10.4. The lowest BCUT2D eigenvalue weighted by molar-refractivity contribution is -0.167. The molecule has 1 fully saturated rings. The summed E-state index contributed by atoms with van der Waals surface area (Å²) < 4.78 is 10.9. The Hall–Kier alpha value is -0.650. The average molecular weight is 245 g/mol. The SMILES string of the molecule is CC(C)(C)OCCN1CC(C)(OCC(=O)O)C1. The molecule has 17 heavy (non-hydrogen) atoms. The van der Waals surface area contributed by atoms with Crippen LogP contribution in [0.1, 0.15) is 27.7 Å². The molecule has 0 aliphatic carbocycles. The lowest BCUT2D eigenvalue weighted by Crippen LogP contribution is -2.62. The standard InChI is InChI=1S/C12H23NO4/c1-11(2,3)16-6-5-13-8-12(4,9-13)17-7-10(14)15/h5-9H2,1-4H3,(H,14,15). The topological polar surface area (TPSA) is 59.0 Å². The minimum absolute atomic E-state index is 0.103. The Bertz CT molecular complexity index is 266. The van der Waals surface area contributed by atoms with Gasteiger partial charge in [0.1, 0.15) is 6.61 Å². The first-order valence-electron chi connectivity index (χ1n) is 5.92. The second kappa shape index (κ2) is 5.33. The molecule has 0 radical (unpaired) electrons. The van der Waals surface area contributed by atoms with Gasteiger partial charge in [0.05, 0.1) is 17.8 Å². The Morgan fingerprint density at radius 2 is 2.00 bits per heavy atom. The van der Waals surface area contributed by atoms with Crippen LogP contribution in [0, 0.1) is 0 Å². The third-order valence-electron chi connectivity index (χ3n) is 2.60. The Balaban J connectivity index is 2.12. The number of carbonyl (C=O) groups is 1. The van der Waals surface area contributed by atoms with Gasteiger partial charge in [-0.25, -0.2) is 4.79 Å². The first-order chi connectivity index (χ1) is 7.70. The fourth-order valence-corrected chi connectivity index (χ4v) is 1.87. The van der Waals surface area contributed by atoms with Gasteiger partial charge in [0.15, 0.2) is 0 Å². The summed E-state index contributed by atoms with van der Waals surface area (Å²) in [6.45, 7) is 10.9. The molecule has 1 aliphatic heterocycles. The van der Waals surface area contributed by atoms with Crippen molar-refractivity contribution < 1.29 is 19.4 Å². The van der Waals surface area contributed by atoms with Crippen molar-refractivity contribution in [3.63, 3.8) is 0 Å². The molecular formula is C12H23NO4. The molecule has 5 nitrogen and oxygen atoms in total. The molecule has 0 saturated carbocycles. The molecule has 0 atom stereocenters. The molecule has 1 saturated heterocycles.